The second-order valence-electron chi connectivity index (χ2n) is 19.7. The van der Waals surface area contributed by atoms with E-state index in [4.69, 9.17) is 18.9 Å². The summed E-state index contributed by atoms with van der Waals surface area (Å²) in [5, 5.41) is 36.6. The topological polar surface area (TPSA) is 236 Å². The van der Waals surface area contributed by atoms with Gasteiger partial charge < -0.3 is 44.9 Å². The summed E-state index contributed by atoms with van der Waals surface area (Å²) >= 11 is 3.32. The number of aliphatic hydroxyl groups excluding tert-OH is 2. The third-order valence-electron chi connectivity index (χ3n) is 15.1. The molecule has 74 heavy (non-hydrogen) atoms. The molecule has 2 aromatic carbocycles. The van der Waals surface area contributed by atoms with E-state index in [0.29, 0.717) is 36.4 Å². The largest absolute Gasteiger partial charge is 0.481 e. The maximum atomic E-state index is 17.8. The van der Waals surface area contributed by atoms with E-state index in [1.807, 2.05) is 19.1 Å². The number of aliphatic carboxylic acids is 1. The van der Waals surface area contributed by atoms with Crippen molar-refractivity contribution in [1.82, 2.24) is 5.32 Å². The summed E-state index contributed by atoms with van der Waals surface area (Å²) in [6.45, 7) is 8.18. The lowest BCUT2D eigenvalue weighted by molar-refractivity contribution is -0.232. The van der Waals surface area contributed by atoms with Gasteiger partial charge in [0.25, 0.3) is 0 Å². The number of ether oxygens (including phenoxy) is 4. The van der Waals surface area contributed by atoms with E-state index in [9.17, 15) is 44.2 Å². The summed E-state index contributed by atoms with van der Waals surface area (Å²) in [5.74, 6) is -4.49. The van der Waals surface area contributed by atoms with Crippen molar-refractivity contribution in [2.24, 2.45) is 27.2 Å². The van der Waals surface area contributed by atoms with Crippen LogP contribution < -0.4 is 10.6 Å². The molecule has 5 N–H and O–H groups in total. The van der Waals surface area contributed by atoms with Crippen LogP contribution in [0.1, 0.15) is 96.5 Å². The number of amides is 2. The number of halogens is 2. The first-order valence-electron chi connectivity index (χ1n) is 25.2. The minimum atomic E-state index is -2.37. The SMILES string of the molecule is CCCCC(C)SC(CC(=O)O)C(=O)NCCOCCOCCOCCC(=O)Nc1cccc(Sc2ccc([C@@H](O[C@]3(C(=O)CO)CCC4[C@@H]5C[C@H](F)C6=CC(=O)C=C[C@]6(C)[C@@]5(F)[C@@H](O)C[C@@]43C)SN=O)cc2)c1. The molecule has 3 saturated carbocycles. The fraction of sp³-hybridized carbons (Fsp3) is 0.604. The van der Waals surface area contributed by atoms with Gasteiger partial charge in [-0.25, -0.2) is 8.78 Å². The molecular weight excluding hydrogens is 1020 g/mol. The number of nitroso groups, excluding NO2 is 1. The third-order valence-corrected chi connectivity index (χ3v) is 18.1. The second-order valence-corrected chi connectivity index (χ2v) is 23.3. The maximum absolute atomic E-state index is 17.8. The number of fused-ring (bicyclic) bond motifs is 5. The van der Waals surface area contributed by atoms with Crippen LogP contribution in [0.4, 0.5) is 14.5 Å². The van der Waals surface area contributed by atoms with Crippen LogP contribution in [0.5, 0.6) is 0 Å². The Morgan fingerprint density at radius 2 is 1.68 bits per heavy atom. The standard InChI is InChI=1S/C53H69F2N3O13S3/c1-5-6-8-33(2)72-43(30-47(64)65)48(66)56-20-22-69-24-26-70-25-23-68-21-17-46(63)57-35-9-7-10-38(27-35)73-37-13-11-34(12-14-37)49(74-58-67)71-52(45(62)32-59)19-16-39-40-29-42(54)41-28-36(60)15-18-50(41,3)53(40,55)44(61)31-51(39,52)4/h7,9-15,18,27-28,33,39-40,42-44,49,59,61H,5-6,8,16-17,19-26,29-32H2,1-4H3,(H,56,66)(H,57,63)(H,64,65)/t33?,39?,40-,42-,43?,44-,49-,50-,51-,52-,53-/m0/s1. The van der Waals surface area contributed by atoms with Crippen molar-refractivity contribution >= 4 is 70.5 Å². The normalized spacial score (nSPS) is 28.2. The van der Waals surface area contributed by atoms with Gasteiger partial charge in [0.1, 0.15) is 18.4 Å². The number of nitrogens with one attached hydrogen (secondary N) is 2. The highest BCUT2D eigenvalue weighted by Gasteiger charge is 2.76. The van der Waals surface area contributed by atoms with Crippen molar-refractivity contribution in [3.63, 3.8) is 0 Å². The first-order chi connectivity index (χ1) is 35.3. The lowest BCUT2D eigenvalue weighted by Gasteiger charge is -2.63. The monoisotopic (exact) mass is 1090 g/mol. The first-order valence-corrected chi connectivity index (χ1v) is 27.8. The fourth-order valence-corrected chi connectivity index (χ4v) is 14.1. The van der Waals surface area contributed by atoms with Crippen molar-refractivity contribution in [2.75, 3.05) is 58.1 Å². The van der Waals surface area contributed by atoms with Gasteiger partial charge in [-0.1, -0.05) is 69.6 Å². The molecule has 6 rings (SSSR count). The summed E-state index contributed by atoms with van der Waals surface area (Å²) in [6.07, 6.45) is 2.77. The van der Waals surface area contributed by atoms with Crippen molar-refractivity contribution in [3.8, 4) is 0 Å². The number of benzene rings is 2. The average Bonchev–Trinajstić information content (AvgIpc) is 3.65. The van der Waals surface area contributed by atoms with Crippen LogP contribution in [-0.4, -0.2) is 132 Å². The summed E-state index contributed by atoms with van der Waals surface area (Å²) in [5.41, 5.74) is -7.21. The third kappa shape index (κ3) is 13.5. The molecule has 0 aromatic heterocycles. The molecule has 0 spiro atoms. The summed E-state index contributed by atoms with van der Waals surface area (Å²) < 4.78 is 60.1. The number of allylic oxidation sites excluding steroid dienone is 4. The van der Waals surface area contributed by atoms with Gasteiger partial charge in [-0.15, -0.1) is 16.7 Å². The van der Waals surface area contributed by atoms with E-state index in [2.05, 4.69) is 22.1 Å². The van der Waals surface area contributed by atoms with Crippen molar-refractivity contribution in [3.05, 3.63) is 82.8 Å². The summed E-state index contributed by atoms with van der Waals surface area (Å²) in [6, 6.07) is 14.3. The van der Waals surface area contributed by atoms with E-state index in [1.54, 1.807) is 43.3 Å². The fourth-order valence-electron chi connectivity index (χ4n) is 11.4. The molecule has 0 radical (unpaired) electrons. The molecule has 4 aliphatic rings. The van der Waals surface area contributed by atoms with Gasteiger partial charge in [0.05, 0.1) is 75.8 Å². The van der Waals surface area contributed by atoms with Crippen molar-refractivity contribution < 1.29 is 67.0 Å². The number of carbonyl (C=O) groups is 5. The molecule has 2 amide bonds. The zero-order valence-electron chi connectivity index (χ0n) is 42.3. The number of Topliss-reactive ketones (excluding diaryl/α,β-unsaturated/α-hetero) is 1. The molecule has 4 aliphatic carbocycles. The molecule has 0 aliphatic heterocycles. The molecule has 11 atom stereocenters. The minimum absolute atomic E-state index is 0.0139. The Bertz CT molecular complexity index is 2370. The van der Waals surface area contributed by atoms with Crippen molar-refractivity contribution in [2.45, 2.75) is 135 Å². The average molecular weight is 1090 g/mol. The number of unbranched alkanes of at least 4 members (excludes halogenated alkanes) is 1. The molecule has 0 bridgehead atoms. The predicted molar refractivity (Wildman–Crippen MR) is 279 cm³/mol. The predicted octanol–water partition coefficient (Wildman–Crippen LogP) is 8.54. The Kier molecular flexibility index (Phi) is 21.4. The number of nitrogens with zero attached hydrogens (tertiary/aromatic N) is 1. The smallest absolute Gasteiger partial charge is 0.305 e. The number of carbonyl (C=O) groups excluding carboxylic acids is 4. The lowest BCUT2D eigenvalue weighted by Crippen LogP contribution is -2.70. The molecule has 21 heteroatoms. The van der Waals surface area contributed by atoms with E-state index in [1.165, 1.54) is 42.6 Å². The van der Waals surface area contributed by atoms with Crippen molar-refractivity contribution in [1.29, 1.82) is 0 Å². The molecule has 3 unspecified atom stereocenters. The van der Waals surface area contributed by atoms with Gasteiger partial charge in [-0.3, -0.25) is 24.0 Å². The number of hydrogen-bond acceptors (Lipinski definition) is 16. The number of carboxylic acids is 1. The van der Waals surface area contributed by atoms with E-state index in [0.717, 1.165) is 35.1 Å². The number of rotatable bonds is 30. The molecule has 2 aromatic rings. The Labute approximate surface area is 443 Å². The van der Waals surface area contributed by atoms with E-state index >= 15 is 8.78 Å². The Morgan fingerprint density at radius 1 is 0.973 bits per heavy atom. The number of alkyl halides is 2. The van der Waals surface area contributed by atoms with Crippen LogP contribution in [0.15, 0.2) is 86.7 Å². The number of carboxylic acid groups (broad SMARTS) is 1. The highest BCUT2D eigenvalue weighted by molar-refractivity contribution is 8.01. The number of anilines is 1. The summed E-state index contributed by atoms with van der Waals surface area (Å²) in [7, 11) is 0. The molecule has 3 fully saturated rings. The first kappa shape index (κ1) is 59.2. The number of hydrogen-bond donors (Lipinski definition) is 5. The highest BCUT2D eigenvalue weighted by Crippen LogP contribution is 2.71. The van der Waals surface area contributed by atoms with Crippen LogP contribution in [0.2, 0.25) is 0 Å². The molecule has 0 saturated heterocycles. The van der Waals surface area contributed by atoms with Gasteiger partial charge in [-0.2, -0.15) is 0 Å². The van der Waals surface area contributed by atoms with Crippen LogP contribution in [0, 0.1) is 27.6 Å². The zero-order chi connectivity index (χ0) is 53.7. The van der Waals surface area contributed by atoms with Gasteiger partial charge in [0.15, 0.2) is 22.7 Å². The Hall–Kier alpha value is -4.06. The quantitative estimate of drug-likeness (QED) is 0.0213. The number of thioether (sulfide) groups is 1. The van der Waals surface area contributed by atoms with Gasteiger partial charge in [0.2, 0.25) is 11.8 Å². The van der Waals surface area contributed by atoms with Gasteiger partial charge in [-0.05, 0) is 98.6 Å². The molecule has 16 nitrogen and oxygen atoms in total. The number of ketones is 2. The Balaban J connectivity index is 0.942. The maximum Gasteiger partial charge on any atom is 0.305 e. The summed E-state index contributed by atoms with van der Waals surface area (Å²) in [4.78, 5) is 76.4. The van der Waals surface area contributed by atoms with E-state index < -0.39 is 81.0 Å². The van der Waals surface area contributed by atoms with Crippen LogP contribution in [0.3, 0.4) is 0 Å². The van der Waals surface area contributed by atoms with Crippen LogP contribution in [0.25, 0.3) is 0 Å². The Morgan fingerprint density at radius 3 is 2.35 bits per heavy atom. The minimum Gasteiger partial charge on any atom is -0.481 e. The van der Waals surface area contributed by atoms with Gasteiger partial charge >= 0.3 is 5.97 Å². The zero-order valence-corrected chi connectivity index (χ0v) is 44.7. The lowest BCUT2D eigenvalue weighted by atomic mass is 9.44. The molecular formula is C53H69F2N3O13S3. The molecule has 406 valence electrons. The second kappa shape index (κ2) is 26.8. The van der Waals surface area contributed by atoms with Crippen LogP contribution >= 0.6 is 35.5 Å². The van der Waals surface area contributed by atoms with E-state index in [-0.39, 0.29) is 94.1 Å². The highest BCUT2D eigenvalue weighted by atomic mass is 32.2. The number of aliphatic hydroxyl groups is 2. The molecule has 0 heterocycles. The van der Waals surface area contributed by atoms with Gasteiger partial charge in [0, 0.05) is 48.6 Å². The van der Waals surface area contributed by atoms with Crippen LogP contribution in [-0.2, 0) is 42.9 Å².